The van der Waals surface area contributed by atoms with E-state index in [1.54, 1.807) is 12.4 Å². The van der Waals surface area contributed by atoms with Gasteiger partial charge in [0.1, 0.15) is 0 Å². The van der Waals surface area contributed by atoms with E-state index in [0.717, 1.165) is 12.1 Å². The fraction of sp³-hybridized carbons (Fsp3) is 0.583. The molecule has 17 heavy (non-hydrogen) atoms. The molecule has 2 heterocycles. The summed E-state index contributed by atoms with van der Waals surface area (Å²) in [5, 5.41) is 0. The first-order valence-electron chi connectivity index (χ1n) is 5.73. The zero-order chi connectivity index (χ0) is 12.4. The molecule has 1 saturated heterocycles. The Hall–Kier alpha value is -1.65. The van der Waals surface area contributed by atoms with Crippen LogP contribution < -0.4 is 4.90 Å². The number of carbonyl (C=O) groups is 1. The summed E-state index contributed by atoms with van der Waals surface area (Å²) in [6, 6.07) is 0. The van der Waals surface area contributed by atoms with Crippen LogP contribution in [0.1, 0.15) is 12.5 Å². The van der Waals surface area contributed by atoms with Crippen molar-refractivity contribution in [1.29, 1.82) is 0 Å². The minimum atomic E-state index is -0.146. The number of aryl methyl sites for hydroxylation is 1. The van der Waals surface area contributed by atoms with Crippen LogP contribution in [0.5, 0.6) is 0 Å². The summed E-state index contributed by atoms with van der Waals surface area (Å²) in [4.78, 5) is 22.2. The summed E-state index contributed by atoms with van der Waals surface area (Å²) in [5.41, 5.74) is 1.03. The highest BCUT2D eigenvalue weighted by Gasteiger charge is 2.36. The van der Waals surface area contributed by atoms with Crippen molar-refractivity contribution in [2.45, 2.75) is 13.8 Å². The van der Waals surface area contributed by atoms with Gasteiger partial charge in [0.2, 0.25) is 5.95 Å². The Labute approximate surface area is 101 Å². The van der Waals surface area contributed by atoms with Crippen molar-refractivity contribution >= 4 is 11.9 Å². The SMILES string of the molecule is COC(=O)C1CN(c2ncc(C)cn2)CC1C. The molecular weight excluding hydrogens is 218 g/mol. The number of methoxy groups -OCH3 is 1. The second-order valence-electron chi connectivity index (χ2n) is 4.57. The third kappa shape index (κ3) is 2.38. The Kier molecular flexibility index (Phi) is 3.26. The van der Waals surface area contributed by atoms with Crippen LogP contribution >= 0.6 is 0 Å². The Morgan fingerprint density at radius 2 is 2.06 bits per heavy atom. The fourth-order valence-corrected chi connectivity index (χ4v) is 2.14. The van der Waals surface area contributed by atoms with Gasteiger partial charge in [0, 0.05) is 25.5 Å². The number of hydrogen-bond donors (Lipinski definition) is 0. The molecule has 1 aliphatic rings. The number of esters is 1. The van der Waals surface area contributed by atoms with Crippen LogP contribution in [0.2, 0.25) is 0 Å². The molecule has 0 aromatic carbocycles. The van der Waals surface area contributed by atoms with Crippen LogP contribution in [0.3, 0.4) is 0 Å². The monoisotopic (exact) mass is 235 g/mol. The molecule has 0 aliphatic carbocycles. The molecule has 1 aromatic rings. The van der Waals surface area contributed by atoms with Crippen LogP contribution in [0.25, 0.3) is 0 Å². The van der Waals surface area contributed by atoms with Crippen LogP contribution in [0.15, 0.2) is 12.4 Å². The van der Waals surface area contributed by atoms with Crippen LogP contribution in [-0.2, 0) is 9.53 Å². The van der Waals surface area contributed by atoms with Crippen molar-refractivity contribution in [2.24, 2.45) is 11.8 Å². The van der Waals surface area contributed by atoms with Gasteiger partial charge in [0.25, 0.3) is 0 Å². The summed E-state index contributed by atoms with van der Waals surface area (Å²) in [6.45, 7) is 5.43. The molecule has 2 rings (SSSR count). The number of anilines is 1. The predicted octanol–water partition coefficient (Wildman–Crippen LogP) is 1.03. The molecule has 2 unspecified atom stereocenters. The molecule has 0 radical (unpaired) electrons. The van der Waals surface area contributed by atoms with E-state index in [0.29, 0.717) is 12.5 Å². The van der Waals surface area contributed by atoms with Crippen molar-refractivity contribution < 1.29 is 9.53 Å². The number of aromatic nitrogens is 2. The first-order chi connectivity index (χ1) is 8.11. The standard InChI is InChI=1S/C12H17N3O2/c1-8-4-13-12(14-5-8)15-6-9(2)10(7-15)11(16)17-3/h4-5,9-10H,6-7H2,1-3H3. The van der Waals surface area contributed by atoms with E-state index in [2.05, 4.69) is 16.9 Å². The zero-order valence-corrected chi connectivity index (χ0v) is 10.4. The van der Waals surface area contributed by atoms with E-state index >= 15 is 0 Å². The maximum Gasteiger partial charge on any atom is 0.310 e. The molecule has 0 amide bonds. The molecule has 2 atom stereocenters. The van der Waals surface area contributed by atoms with Gasteiger partial charge in [-0.1, -0.05) is 6.92 Å². The van der Waals surface area contributed by atoms with Gasteiger partial charge in [0.05, 0.1) is 13.0 Å². The van der Waals surface area contributed by atoms with Crippen LogP contribution in [0.4, 0.5) is 5.95 Å². The first kappa shape index (κ1) is 11.8. The third-order valence-electron chi connectivity index (χ3n) is 3.17. The lowest BCUT2D eigenvalue weighted by molar-refractivity contribution is -0.145. The van der Waals surface area contributed by atoms with Crippen molar-refractivity contribution in [1.82, 2.24) is 9.97 Å². The van der Waals surface area contributed by atoms with Gasteiger partial charge in [-0.15, -0.1) is 0 Å². The third-order valence-corrected chi connectivity index (χ3v) is 3.17. The predicted molar refractivity (Wildman–Crippen MR) is 63.7 cm³/mol. The zero-order valence-electron chi connectivity index (χ0n) is 10.4. The molecule has 92 valence electrons. The van der Waals surface area contributed by atoms with Gasteiger partial charge in [0.15, 0.2) is 0 Å². The maximum absolute atomic E-state index is 11.6. The van der Waals surface area contributed by atoms with Gasteiger partial charge >= 0.3 is 5.97 Å². The van der Waals surface area contributed by atoms with Gasteiger partial charge in [-0.3, -0.25) is 4.79 Å². The molecule has 0 spiro atoms. The first-order valence-corrected chi connectivity index (χ1v) is 5.73. The molecular formula is C12H17N3O2. The van der Waals surface area contributed by atoms with Crippen molar-refractivity contribution in [3.63, 3.8) is 0 Å². The summed E-state index contributed by atoms with van der Waals surface area (Å²) in [5.74, 6) is 0.734. The molecule has 5 heteroatoms. The molecule has 0 bridgehead atoms. The highest BCUT2D eigenvalue weighted by molar-refractivity contribution is 5.74. The summed E-state index contributed by atoms with van der Waals surface area (Å²) < 4.78 is 4.80. The molecule has 0 N–H and O–H groups in total. The second kappa shape index (κ2) is 4.69. The lowest BCUT2D eigenvalue weighted by Gasteiger charge is -2.15. The normalized spacial score (nSPS) is 23.8. The van der Waals surface area contributed by atoms with Gasteiger partial charge < -0.3 is 9.64 Å². The Bertz CT molecular complexity index is 405. The Balaban J connectivity index is 2.10. The van der Waals surface area contributed by atoms with Gasteiger partial charge in [-0.05, 0) is 18.4 Å². The molecule has 0 saturated carbocycles. The largest absolute Gasteiger partial charge is 0.469 e. The van der Waals surface area contributed by atoms with E-state index in [1.165, 1.54) is 7.11 Å². The van der Waals surface area contributed by atoms with Crippen LogP contribution in [0, 0.1) is 18.8 Å². The maximum atomic E-state index is 11.6. The second-order valence-corrected chi connectivity index (χ2v) is 4.57. The van der Waals surface area contributed by atoms with E-state index < -0.39 is 0 Å². The topological polar surface area (TPSA) is 55.3 Å². The highest BCUT2D eigenvalue weighted by atomic mass is 16.5. The van der Waals surface area contributed by atoms with Gasteiger partial charge in [-0.25, -0.2) is 9.97 Å². The fourth-order valence-electron chi connectivity index (χ4n) is 2.14. The highest BCUT2D eigenvalue weighted by Crippen LogP contribution is 2.26. The minimum Gasteiger partial charge on any atom is -0.469 e. The number of ether oxygens (including phenoxy) is 1. The van der Waals surface area contributed by atoms with Gasteiger partial charge in [-0.2, -0.15) is 0 Å². The van der Waals surface area contributed by atoms with Crippen molar-refractivity contribution in [3.8, 4) is 0 Å². The average Bonchev–Trinajstić information content (AvgIpc) is 2.71. The van der Waals surface area contributed by atoms with E-state index in [-0.39, 0.29) is 17.8 Å². The van der Waals surface area contributed by atoms with Crippen molar-refractivity contribution in [3.05, 3.63) is 18.0 Å². The summed E-state index contributed by atoms with van der Waals surface area (Å²) in [6.07, 6.45) is 3.58. The number of carbonyl (C=O) groups excluding carboxylic acids is 1. The Morgan fingerprint density at radius 3 is 2.65 bits per heavy atom. The summed E-state index contributed by atoms with van der Waals surface area (Å²) in [7, 11) is 1.43. The Morgan fingerprint density at radius 1 is 1.41 bits per heavy atom. The quantitative estimate of drug-likeness (QED) is 0.717. The molecule has 1 aromatic heterocycles. The van der Waals surface area contributed by atoms with Crippen LogP contribution in [-0.4, -0.2) is 36.1 Å². The lowest BCUT2D eigenvalue weighted by atomic mass is 9.99. The number of rotatable bonds is 2. The minimum absolute atomic E-state index is 0.0788. The number of hydrogen-bond acceptors (Lipinski definition) is 5. The van der Waals surface area contributed by atoms with Crippen molar-refractivity contribution in [2.75, 3.05) is 25.1 Å². The molecule has 1 fully saturated rings. The summed E-state index contributed by atoms with van der Waals surface area (Å²) >= 11 is 0. The average molecular weight is 235 g/mol. The molecule has 1 aliphatic heterocycles. The van der Waals surface area contributed by atoms with E-state index in [9.17, 15) is 4.79 Å². The molecule has 5 nitrogen and oxygen atoms in total. The smallest absolute Gasteiger partial charge is 0.310 e. The van der Waals surface area contributed by atoms with E-state index in [4.69, 9.17) is 4.74 Å². The number of nitrogens with zero attached hydrogens (tertiary/aromatic N) is 3. The van der Waals surface area contributed by atoms with E-state index in [1.807, 2.05) is 11.8 Å². The lowest BCUT2D eigenvalue weighted by Crippen LogP contribution is -2.25.